The topological polar surface area (TPSA) is 74.2 Å². The number of hydrogen-bond acceptors (Lipinski definition) is 5. The number of aliphatic hydroxyl groups is 1. The van der Waals surface area contributed by atoms with Gasteiger partial charge in [-0.2, -0.15) is 0 Å². The molecule has 1 aromatic carbocycles. The van der Waals surface area contributed by atoms with Gasteiger partial charge in [0.25, 0.3) is 0 Å². The first-order valence-corrected chi connectivity index (χ1v) is 8.62. The van der Waals surface area contributed by atoms with Crippen molar-refractivity contribution in [3.63, 3.8) is 0 Å². The molecule has 1 aromatic heterocycles. The van der Waals surface area contributed by atoms with Crippen LogP contribution in [-0.2, 0) is 17.8 Å². The predicted octanol–water partition coefficient (Wildman–Crippen LogP) is 2.49. The first-order valence-electron chi connectivity index (χ1n) is 7.74. The Morgan fingerprint density at radius 2 is 2.09 bits per heavy atom. The number of hydrogen-bond donors (Lipinski definition) is 3. The average Bonchev–Trinajstić information content (AvgIpc) is 2.97. The number of rotatable bonds is 8. The molecule has 0 aliphatic heterocycles. The van der Waals surface area contributed by atoms with Crippen LogP contribution in [0.15, 0.2) is 29.6 Å². The van der Waals surface area contributed by atoms with Gasteiger partial charge in [0.1, 0.15) is 0 Å². The number of benzene rings is 1. The maximum Gasteiger partial charge on any atom is 0.224 e. The Kier molecular flexibility index (Phi) is 6.55. The molecule has 0 aliphatic carbocycles. The van der Waals surface area contributed by atoms with Gasteiger partial charge in [0, 0.05) is 11.1 Å². The number of nitrogens with one attached hydrogen (secondary N) is 2. The van der Waals surface area contributed by atoms with Crippen LogP contribution >= 0.6 is 11.3 Å². The summed E-state index contributed by atoms with van der Waals surface area (Å²) in [7, 11) is 0. The molecule has 1 unspecified atom stereocenters. The number of carbonyl (C=O) groups excluding carboxylic acids is 1. The summed E-state index contributed by atoms with van der Waals surface area (Å²) < 4.78 is 0. The molecule has 0 saturated carbocycles. The van der Waals surface area contributed by atoms with Crippen LogP contribution < -0.4 is 10.6 Å². The molecule has 1 amide bonds. The molecule has 0 radical (unpaired) electrons. The third-order valence-corrected chi connectivity index (χ3v) is 4.36. The summed E-state index contributed by atoms with van der Waals surface area (Å²) in [5.74, 6) is -0.0652. The Labute approximate surface area is 140 Å². The van der Waals surface area contributed by atoms with E-state index in [0.29, 0.717) is 13.0 Å². The van der Waals surface area contributed by atoms with E-state index in [0.717, 1.165) is 28.4 Å². The van der Waals surface area contributed by atoms with Gasteiger partial charge in [-0.05, 0) is 31.0 Å². The van der Waals surface area contributed by atoms with Gasteiger partial charge >= 0.3 is 0 Å². The van der Waals surface area contributed by atoms with E-state index in [9.17, 15) is 4.79 Å². The molecule has 0 fully saturated rings. The zero-order valence-electron chi connectivity index (χ0n) is 13.5. The smallest absolute Gasteiger partial charge is 0.224 e. The predicted molar refractivity (Wildman–Crippen MR) is 93.6 cm³/mol. The van der Waals surface area contributed by atoms with E-state index in [2.05, 4.69) is 15.6 Å². The molecule has 2 aromatic rings. The van der Waals surface area contributed by atoms with Crippen LogP contribution in [0.2, 0.25) is 0 Å². The van der Waals surface area contributed by atoms with Crippen LogP contribution in [0.1, 0.15) is 29.6 Å². The van der Waals surface area contributed by atoms with Gasteiger partial charge in [0.15, 0.2) is 0 Å². The second-order valence-electron chi connectivity index (χ2n) is 5.44. The number of anilines is 1. The fourth-order valence-electron chi connectivity index (χ4n) is 2.16. The number of amides is 1. The third kappa shape index (κ3) is 5.65. The molecule has 0 spiro atoms. The lowest BCUT2D eigenvalue weighted by Gasteiger charge is -2.14. The highest BCUT2D eigenvalue weighted by Gasteiger charge is 2.09. The number of aromatic nitrogens is 1. The SMILES string of the molecule is CCC(CO)NC(=O)Cc1ccc(NCc2csc(C)n2)cc1. The molecule has 0 aliphatic rings. The Balaban J connectivity index is 1.83. The summed E-state index contributed by atoms with van der Waals surface area (Å²) in [6.07, 6.45) is 1.04. The second-order valence-corrected chi connectivity index (χ2v) is 6.50. The Morgan fingerprint density at radius 1 is 1.35 bits per heavy atom. The maximum atomic E-state index is 11.9. The van der Waals surface area contributed by atoms with Crippen LogP contribution in [0.25, 0.3) is 0 Å². The molecule has 1 atom stereocenters. The van der Waals surface area contributed by atoms with Crippen LogP contribution in [0.5, 0.6) is 0 Å². The van der Waals surface area contributed by atoms with Gasteiger partial charge in [0.2, 0.25) is 5.91 Å². The van der Waals surface area contributed by atoms with Crippen molar-refractivity contribution in [3.05, 3.63) is 45.9 Å². The summed E-state index contributed by atoms with van der Waals surface area (Å²) in [4.78, 5) is 16.3. The van der Waals surface area contributed by atoms with Crippen molar-refractivity contribution >= 4 is 22.9 Å². The normalized spacial score (nSPS) is 12.0. The van der Waals surface area contributed by atoms with E-state index in [-0.39, 0.29) is 18.6 Å². The first-order chi connectivity index (χ1) is 11.1. The van der Waals surface area contributed by atoms with Crippen molar-refractivity contribution in [2.45, 2.75) is 39.3 Å². The number of carbonyl (C=O) groups is 1. The Morgan fingerprint density at radius 3 is 2.65 bits per heavy atom. The maximum absolute atomic E-state index is 11.9. The number of aryl methyl sites for hydroxylation is 1. The van der Waals surface area contributed by atoms with E-state index in [1.54, 1.807) is 11.3 Å². The minimum atomic E-state index is -0.162. The van der Waals surface area contributed by atoms with Gasteiger partial charge in [0.05, 0.1) is 36.3 Å². The van der Waals surface area contributed by atoms with E-state index in [4.69, 9.17) is 5.11 Å². The molecule has 6 heteroatoms. The van der Waals surface area contributed by atoms with E-state index in [1.807, 2.05) is 43.5 Å². The molecular formula is C17H23N3O2S. The quantitative estimate of drug-likeness (QED) is 0.694. The molecule has 124 valence electrons. The second kappa shape index (κ2) is 8.64. The number of aliphatic hydroxyl groups excluding tert-OH is 1. The van der Waals surface area contributed by atoms with Crippen molar-refractivity contribution in [2.75, 3.05) is 11.9 Å². The average molecular weight is 333 g/mol. The molecule has 0 bridgehead atoms. The lowest BCUT2D eigenvalue weighted by molar-refractivity contribution is -0.121. The first kappa shape index (κ1) is 17.4. The third-order valence-electron chi connectivity index (χ3n) is 3.54. The fourth-order valence-corrected chi connectivity index (χ4v) is 2.78. The Hall–Kier alpha value is -1.92. The van der Waals surface area contributed by atoms with Crippen molar-refractivity contribution in [1.82, 2.24) is 10.3 Å². The lowest BCUT2D eigenvalue weighted by atomic mass is 10.1. The number of thiazole rings is 1. The highest BCUT2D eigenvalue weighted by Crippen LogP contribution is 2.13. The highest BCUT2D eigenvalue weighted by molar-refractivity contribution is 7.09. The summed E-state index contributed by atoms with van der Waals surface area (Å²) in [6.45, 7) is 4.60. The van der Waals surface area contributed by atoms with Crippen molar-refractivity contribution in [2.24, 2.45) is 0 Å². The zero-order chi connectivity index (χ0) is 16.7. The monoisotopic (exact) mass is 333 g/mol. The van der Waals surface area contributed by atoms with E-state index in [1.165, 1.54) is 0 Å². The van der Waals surface area contributed by atoms with E-state index >= 15 is 0 Å². The summed E-state index contributed by atoms with van der Waals surface area (Å²) in [6, 6.07) is 7.64. The summed E-state index contributed by atoms with van der Waals surface area (Å²) in [5.41, 5.74) is 2.98. The Bertz CT molecular complexity index is 621. The molecule has 1 heterocycles. The van der Waals surface area contributed by atoms with Gasteiger partial charge in [-0.3, -0.25) is 4.79 Å². The molecule has 5 nitrogen and oxygen atoms in total. The van der Waals surface area contributed by atoms with Crippen LogP contribution in [0.3, 0.4) is 0 Å². The lowest BCUT2D eigenvalue weighted by Crippen LogP contribution is -2.37. The summed E-state index contributed by atoms with van der Waals surface area (Å²) in [5, 5.41) is 18.4. The fraction of sp³-hybridized carbons (Fsp3) is 0.412. The minimum Gasteiger partial charge on any atom is -0.394 e. The zero-order valence-corrected chi connectivity index (χ0v) is 14.3. The minimum absolute atomic E-state index is 0.0266. The van der Waals surface area contributed by atoms with Crippen molar-refractivity contribution in [3.8, 4) is 0 Å². The van der Waals surface area contributed by atoms with E-state index < -0.39 is 0 Å². The highest BCUT2D eigenvalue weighted by atomic mass is 32.1. The molecule has 3 N–H and O–H groups in total. The van der Waals surface area contributed by atoms with Crippen LogP contribution in [0.4, 0.5) is 5.69 Å². The molecule has 23 heavy (non-hydrogen) atoms. The van der Waals surface area contributed by atoms with Gasteiger partial charge < -0.3 is 15.7 Å². The molecule has 0 saturated heterocycles. The molecule has 2 rings (SSSR count). The molecular weight excluding hydrogens is 310 g/mol. The summed E-state index contributed by atoms with van der Waals surface area (Å²) >= 11 is 1.64. The van der Waals surface area contributed by atoms with Gasteiger partial charge in [-0.25, -0.2) is 4.98 Å². The van der Waals surface area contributed by atoms with Crippen LogP contribution in [0, 0.1) is 6.92 Å². The van der Waals surface area contributed by atoms with Crippen molar-refractivity contribution in [1.29, 1.82) is 0 Å². The largest absolute Gasteiger partial charge is 0.394 e. The van der Waals surface area contributed by atoms with Gasteiger partial charge in [-0.15, -0.1) is 11.3 Å². The van der Waals surface area contributed by atoms with Crippen molar-refractivity contribution < 1.29 is 9.90 Å². The standard InChI is InChI=1S/C17H23N3O2S/c1-3-14(10-21)20-17(22)8-13-4-6-15(7-5-13)18-9-16-11-23-12(2)19-16/h4-7,11,14,18,21H,3,8-10H2,1-2H3,(H,20,22). The number of nitrogens with zero attached hydrogens (tertiary/aromatic N) is 1. The van der Waals surface area contributed by atoms with Gasteiger partial charge in [-0.1, -0.05) is 19.1 Å². The van der Waals surface area contributed by atoms with Crippen LogP contribution in [-0.4, -0.2) is 28.6 Å².